The van der Waals surface area contributed by atoms with Crippen LogP contribution in [0.25, 0.3) is 0 Å². The Morgan fingerprint density at radius 1 is 1.64 bits per heavy atom. The molecule has 11 heavy (non-hydrogen) atoms. The fourth-order valence-electron chi connectivity index (χ4n) is 0.947. The molecule has 0 bridgehead atoms. The predicted octanol–water partition coefficient (Wildman–Crippen LogP) is 1.27. The Kier molecular flexibility index (Phi) is 1.37. The molecule has 1 heterocycles. The monoisotopic (exact) mass is 152 g/mol. The highest BCUT2D eigenvalue weighted by Crippen LogP contribution is 2.26. The first-order chi connectivity index (χ1) is 5.27. The van der Waals surface area contributed by atoms with Crippen LogP contribution < -0.4 is 4.74 Å². The summed E-state index contributed by atoms with van der Waals surface area (Å²) < 4.78 is 7.55. The van der Waals surface area contributed by atoms with E-state index in [0.717, 1.165) is 11.7 Å². The molecule has 0 N–H and O–H groups in total. The first-order valence-corrected chi connectivity index (χ1v) is 3.92. The Balaban J connectivity index is 2.15. The number of rotatable bonds is 2. The van der Waals surface area contributed by atoms with E-state index in [9.17, 15) is 0 Å². The van der Waals surface area contributed by atoms with Crippen LogP contribution in [-0.4, -0.2) is 15.7 Å². The zero-order valence-corrected chi connectivity index (χ0v) is 6.87. The fourth-order valence-corrected chi connectivity index (χ4v) is 0.947. The molecule has 0 spiro atoms. The summed E-state index contributed by atoms with van der Waals surface area (Å²) in [6.45, 7) is 1.97. The third-order valence-corrected chi connectivity index (χ3v) is 1.99. The van der Waals surface area contributed by atoms with Gasteiger partial charge in [0.2, 0.25) is 5.88 Å². The summed E-state index contributed by atoms with van der Waals surface area (Å²) in [6, 6.07) is 0. The third kappa shape index (κ3) is 1.23. The van der Waals surface area contributed by atoms with Crippen LogP contribution in [0.2, 0.25) is 0 Å². The smallest absolute Gasteiger partial charge is 0.213 e. The van der Waals surface area contributed by atoms with Crippen LogP contribution in [0, 0.1) is 6.92 Å². The van der Waals surface area contributed by atoms with Crippen molar-refractivity contribution in [2.75, 3.05) is 0 Å². The van der Waals surface area contributed by atoms with Crippen molar-refractivity contribution in [3.8, 4) is 5.88 Å². The Labute approximate surface area is 66.0 Å². The van der Waals surface area contributed by atoms with E-state index in [1.807, 2.05) is 18.5 Å². The zero-order valence-electron chi connectivity index (χ0n) is 6.87. The Hall–Kier alpha value is -0.990. The molecule has 3 heteroatoms. The lowest BCUT2D eigenvalue weighted by atomic mass is 10.7. The van der Waals surface area contributed by atoms with Crippen molar-refractivity contribution < 1.29 is 4.74 Å². The maximum Gasteiger partial charge on any atom is 0.213 e. The van der Waals surface area contributed by atoms with E-state index in [2.05, 4.69) is 4.98 Å². The van der Waals surface area contributed by atoms with Crippen molar-refractivity contribution >= 4 is 0 Å². The largest absolute Gasteiger partial charge is 0.474 e. The lowest BCUT2D eigenvalue weighted by Crippen LogP contribution is -2.01. The predicted molar refractivity (Wildman–Crippen MR) is 41.6 cm³/mol. The highest BCUT2D eigenvalue weighted by atomic mass is 16.5. The molecule has 2 rings (SSSR count). The van der Waals surface area contributed by atoms with Gasteiger partial charge in [0.15, 0.2) is 0 Å². The minimum Gasteiger partial charge on any atom is -0.474 e. The number of hydrogen-bond donors (Lipinski definition) is 0. The Bertz CT molecular complexity index is 263. The number of ether oxygens (including phenoxy) is 1. The molecular weight excluding hydrogens is 140 g/mol. The van der Waals surface area contributed by atoms with Crippen molar-refractivity contribution in [2.24, 2.45) is 7.05 Å². The summed E-state index contributed by atoms with van der Waals surface area (Å²) in [5, 5.41) is 0. The average molecular weight is 152 g/mol. The standard InChI is InChI=1S/C8H12N2O/c1-6-9-5-8(10(6)2)11-7-3-4-7/h5,7H,3-4H2,1-2H3. The number of nitrogens with zero attached hydrogens (tertiary/aromatic N) is 2. The number of hydrogen-bond acceptors (Lipinski definition) is 2. The first-order valence-electron chi connectivity index (χ1n) is 3.92. The topological polar surface area (TPSA) is 27.1 Å². The molecule has 1 aromatic rings. The maximum absolute atomic E-state index is 5.58. The number of aryl methyl sites for hydroxylation is 1. The molecule has 60 valence electrons. The van der Waals surface area contributed by atoms with Crippen molar-refractivity contribution in [2.45, 2.75) is 25.9 Å². The zero-order chi connectivity index (χ0) is 7.84. The van der Waals surface area contributed by atoms with Crippen LogP contribution in [0.5, 0.6) is 5.88 Å². The van der Waals surface area contributed by atoms with Crippen molar-refractivity contribution in [1.29, 1.82) is 0 Å². The van der Waals surface area contributed by atoms with Crippen LogP contribution in [0.15, 0.2) is 6.20 Å². The molecule has 0 radical (unpaired) electrons. The molecule has 0 aliphatic heterocycles. The SMILES string of the molecule is Cc1ncc(OC2CC2)n1C. The lowest BCUT2D eigenvalue weighted by molar-refractivity contribution is 0.280. The first kappa shape index (κ1) is 6.70. The molecule has 1 saturated carbocycles. The van der Waals surface area contributed by atoms with Gasteiger partial charge in [-0.1, -0.05) is 0 Å². The molecule has 1 aliphatic rings. The molecule has 1 aliphatic carbocycles. The maximum atomic E-state index is 5.58. The van der Waals surface area contributed by atoms with E-state index >= 15 is 0 Å². The van der Waals surface area contributed by atoms with Crippen LogP contribution in [-0.2, 0) is 7.05 Å². The minimum absolute atomic E-state index is 0.463. The van der Waals surface area contributed by atoms with Crippen molar-refractivity contribution in [3.05, 3.63) is 12.0 Å². The number of imidazole rings is 1. The van der Waals surface area contributed by atoms with Crippen LogP contribution in [0.1, 0.15) is 18.7 Å². The van der Waals surface area contributed by atoms with E-state index < -0.39 is 0 Å². The fraction of sp³-hybridized carbons (Fsp3) is 0.625. The highest BCUT2D eigenvalue weighted by Gasteiger charge is 2.24. The second kappa shape index (κ2) is 2.26. The van der Waals surface area contributed by atoms with E-state index in [1.165, 1.54) is 12.8 Å². The second-order valence-electron chi connectivity index (χ2n) is 3.02. The van der Waals surface area contributed by atoms with Crippen LogP contribution in [0.3, 0.4) is 0 Å². The number of aromatic nitrogens is 2. The van der Waals surface area contributed by atoms with Crippen molar-refractivity contribution in [3.63, 3.8) is 0 Å². The quantitative estimate of drug-likeness (QED) is 0.638. The average Bonchev–Trinajstić information content (AvgIpc) is 2.74. The van der Waals surface area contributed by atoms with Gasteiger partial charge in [-0.25, -0.2) is 4.98 Å². The molecule has 1 aromatic heterocycles. The van der Waals surface area contributed by atoms with Gasteiger partial charge in [-0.15, -0.1) is 0 Å². The summed E-state index contributed by atoms with van der Waals surface area (Å²) in [4.78, 5) is 4.13. The van der Waals surface area contributed by atoms with Crippen LogP contribution >= 0.6 is 0 Å². The summed E-state index contributed by atoms with van der Waals surface area (Å²) in [6.07, 6.45) is 4.65. The summed E-state index contributed by atoms with van der Waals surface area (Å²) in [5.74, 6) is 1.89. The van der Waals surface area contributed by atoms with Gasteiger partial charge in [-0.05, 0) is 19.8 Å². The van der Waals surface area contributed by atoms with Gasteiger partial charge in [-0.3, -0.25) is 0 Å². The van der Waals surface area contributed by atoms with Crippen LogP contribution in [0.4, 0.5) is 0 Å². The Morgan fingerprint density at radius 3 is 2.82 bits per heavy atom. The van der Waals surface area contributed by atoms with Gasteiger partial charge in [0.25, 0.3) is 0 Å². The minimum atomic E-state index is 0.463. The summed E-state index contributed by atoms with van der Waals surface area (Å²) in [7, 11) is 1.97. The van der Waals surface area contributed by atoms with Crippen molar-refractivity contribution in [1.82, 2.24) is 9.55 Å². The van der Waals surface area contributed by atoms with Gasteiger partial charge in [0.1, 0.15) is 11.9 Å². The molecule has 0 unspecified atom stereocenters. The van der Waals surface area contributed by atoms with E-state index in [4.69, 9.17) is 4.74 Å². The lowest BCUT2D eigenvalue weighted by Gasteiger charge is -2.03. The Morgan fingerprint density at radius 2 is 2.36 bits per heavy atom. The van der Waals surface area contributed by atoms with E-state index in [0.29, 0.717) is 6.10 Å². The van der Waals surface area contributed by atoms with Gasteiger partial charge >= 0.3 is 0 Å². The van der Waals surface area contributed by atoms with Gasteiger partial charge in [-0.2, -0.15) is 0 Å². The molecule has 0 atom stereocenters. The molecule has 0 saturated heterocycles. The van der Waals surface area contributed by atoms with E-state index in [1.54, 1.807) is 6.20 Å². The van der Waals surface area contributed by atoms with Gasteiger partial charge in [0, 0.05) is 7.05 Å². The molecule has 0 amide bonds. The molecule has 3 nitrogen and oxygen atoms in total. The normalized spacial score (nSPS) is 16.9. The van der Waals surface area contributed by atoms with Gasteiger partial charge < -0.3 is 9.30 Å². The molecule has 0 aromatic carbocycles. The third-order valence-electron chi connectivity index (χ3n) is 1.99. The molecule has 1 fully saturated rings. The second-order valence-corrected chi connectivity index (χ2v) is 3.02. The summed E-state index contributed by atoms with van der Waals surface area (Å²) in [5.41, 5.74) is 0. The van der Waals surface area contributed by atoms with E-state index in [-0.39, 0.29) is 0 Å². The van der Waals surface area contributed by atoms with Gasteiger partial charge in [0.05, 0.1) is 6.20 Å². The molecular formula is C8H12N2O. The highest BCUT2D eigenvalue weighted by molar-refractivity contribution is 5.11. The summed E-state index contributed by atoms with van der Waals surface area (Å²) >= 11 is 0.